The van der Waals surface area contributed by atoms with Crippen LogP contribution in [-0.2, 0) is 4.79 Å². The molecule has 1 heterocycles. The number of ether oxygens (including phenoxy) is 1. The molecular weight excluding hydrogens is 358 g/mol. The van der Waals surface area contributed by atoms with Gasteiger partial charge in [0.15, 0.2) is 4.34 Å². The van der Waals surface area contributed by atoms with Crippen molar-refractivity contribution >= 4 is 39.8 Å². The Morgan fingerprint density at radius 1 is 1.38 bits per heavy atom. The molecule has 0 radical (unpaired) electrons. The summed E-state index contributed by atoms with van der Waals surface area (Å²) in [6, 6.07) is 6.04. The molecule has 1 amide bonds. The minimum atomic E-state index is -2.96. The van der Waals surface area contributed by atoms with Gasteiger partial charge in [0.05, 0.1) is 10.9 Å². The SMILES string of the molecule is CCNc1nnc(S[C@H](C)C(=O)Nc2ccccc2OC(F)F)s1. The van der Waals surface area contributed by atoms with E-state index in [-0.39, 0.29) is 17.3 Å². The van der Waals surface area contributed by atoms with Crippen molar-refractivity contribution in [2.45, 2.75) is 30.0 Å². The molecule has 0 saturated carbocycles. The lowest BCUT2D eigenvalue weighted by Crippen LogP contribution is -2.23. The first-order valence-electron chi connectivity index (χ1n) is 7.08. The standard InChI is InChI=1S/C14H16F2N4O2S2/c1-3-17-13-19-20-14(24-13)23-8(2)11(21)18-9-6-4-5-7-10(9)22-12(15)16/h4-8,12H,3H2,1-2H3,(H,17,19)(H,18,21)/t8-/m1/s1. The molecule has 0 spiro atoms. The Bertz CT molecular complexity index is 684. The fraction of sp³-hybridized carbons (Fsp3) is 0.357. The normalized spacial score (nSPS) is 12.0. The summed E-state index contributed by atoms with van der Waals surface area (Å²) in [5.74, 6) is -0.422. The van der Waals surface area contributed by atoms with Gasteiger partial charge in [0.2, 0.25) is 11.0 Å². The molecule has 24 heavy (non-hydrogen) atoms. The first kappa shape index (κ1) is 18.4. The number of alkyl halides is 2. The highest BCUT2D eigenvalue weighted by Crippen LogP contribution is 2.31. The van der Waals surface area contributed by atoms with Crippen molar-refractivity contribution in [2.24, 2.45) is 0 Å². The second-order valence-corrected chi connectivity index (χ2v) is 7.09. The lowest BCUT2D eigenvalue weighted by Gasteiger charge is -2.14. The van der Waals surface area contributed by atoms with Crippen LogP contribution in [0.2, 0.25) is 0 Å². The number of thioether (sulfide) groups is 1. The zero-order valence-electron chi connectivity index (χ0n) is 13.0. The van der Waals surface area contributed by atoms with Gasteiger partial charge < -0.3 is 15.4 Å². The van der Waals surface area contributed by atoms with Crippen molar-refractivity contribution in [3.63, 3.8) is 0 Å². The van der Waals surface area contributed by atoms with Crippen LogP contribution in [0.1, 0.15) is 13.8 Å². The first-order valence-corrected chi connectivity index (χ1v) is 8.78. The number of rotatable bonds is 8. The second kappa shape index (κ2) is 8.78. The minimum absolute atomic E-state index is 0.0802. The third kappa shape index (κ3) is 5.31. The van der Waals surface area contributed by atoms with Crippen LogP contribution in [0, 0.1) is 0 Å². The number of anilines is 2. The molecule has 0 fully saturated rings. The van der Waals surface area contributed by atoms with E-state index in [1.54, 1.807) is 19.1 Å². The summed E-state index contributed by atoms with van der Waals surface area (Å²) >= 11 is 2.59. The van der Waals surface area contributed by atoms with Gasteiger partial charge in [-0.05, 0) is 26.0 Å². The Labute approximate surface area is 146 Å². The van der Waals surface area contributed by atoms with Gasteiger partial charge in [0.1, 0.15) is 5.75 Å². The summed E-state index contributed by atoms with van der Waals surface area (Å²) in [4.78, 5) is 12.3. The third-order valence-electron chi connectivity index (χ3n) is 2.74. The predicted molar refractivity (Wildman–Crippen MR) is 91.1 cm³/mol. The molecule has 2 aromatic rings. The molecule has 0 aliphatic rings. The van der Waals surface area contributed by atoms with Crippen molar-refractivity contribution in [1.29, 1.82) is 0 Å². The largest absolute Gasteiger partial charge is 0.433 e. The van der Waals surface area contributed by atoms with Crippen molar-refractivity contribution in [3.8, 4) is 5.75 Å². The maximum Gasteiger partial charge on any atom is 0.387 e. The number of nitrogens with zero attached hydrogens (tertiary/aromatic N) is 2. The fourth-order valence-corrected chi connectivity index (χ4v) is 3.65. The van der Waals surface area contributed by atoms with Crippen LogP contribution in [0.15, 0.2) is 28.6 Å². The van der Waals surface area contributed by atoms with Gasteiger partial charge in [-0.3, -0.25) is 4.79 Å². The number of amides is 1. The van der Waals surface area contributed by atoms with Gasteiger partial charge in [-0.25, -0.2) is 0 Å². The monoisotopic (exact) mass is 374 g/mol. The highest BCUT2D eigenvalue weighted by Gasteiger charge is 2.19. The van der Waals surface area contributed by atoms with Crippen LogP contribution in [0.5, 0.6) is 5.75 Å². The van der Waals surface area contributed by atoms with Gasteiger partial charge in [0.25, 0.3) is 0 Å². The third-order valence-corrected chi connectivity index (χ3v) is 4.81. The van der Waals surface area contributed by atoms with Crippen LogP contribution in [0.4, 0.5) is 19.6 Å². The number of benzene rings is 1. The van der Waals surface area contributed by atoms with E-state index in [4.69, 9.17) is 0 Å². The Morgan fingerprint density at radius 3 is 2.83 bits per heavy atom. The number of carbonyl (C=O) groups excluding carboxylic acids is 1. The van der Waals surface area contributed by atoms with Crippen molar-refractivity contribution in [3.05, 3.63) is 24.3 Å². The maximum atomic E-state index is 12.4. The van der Waals surface area contributed by atoms with E-state index in [2.05, 4.69) is 25.6 Å². The van der Waals surface area contributed by atoms with Crippen molar-refractivity contribution in [1.82, 2.24) is 10.2 Å². The molecule has 130 valence electrons. The molecule has 2 N–H and O–H groups in total. The van der Waals surface area contributed by atoms with Crippen LogP contribution in [-0.4, -0.2) is 34.5 Å². The van der Waals surface area contributed by atoms with Gasteiger partial charge in [0, 0.05) is 6.54 Å². The van der Waals surface area contributed by atoms with E-state index in [1.165, 1.54) is 35.2 Å². The number of carbonyl (C=O) groups is 1. The number of aromatic nitrogens is 2. The summed E-state index contributed by atoms with van der Waals surface area (Å²) in [7, 11) is 0. The summed E-state index contributed by atoms with van der Waals surface area (Å²) in [5.41, 5.74) is 0.195. The van der Waals surface area contributed by atoms with Crippen LogP contribution < -0.4 is 15.4 Å². The molecular formula is C14H16F2N4O2S2. The molecule has 2 rings (SSSR count). The molecule has 6 nitrogen and oxygen atoms in total. The van der Waals surface area contributed by atoms with Crippen molar-refractivity contribution < 1.29 is 18.3 Å². The van der Waals surface area contributed by atoms with Gasteiger partial charge >= 0.3 is 6.61 Å². The van der Waals surface area contributed by atoms with E-state index in [1.807, 2.05) is 6.92 Å². The Hall–Kier alpha value is -1.94. The Kier molecular flexibility index (Phi) is 6.73. The van der Waals surface area contributed by atoms with Gasteiger partial charge in [-0.15, -0.1) is 10.2 Å². The molecule has 0 aliphatic carbocycles. The quantitative estimate of drug-likeness (QED) is 0.687. The molecule has 1 aromatic heterocycles. The molecule has 1 aromatic carbocycles. The average molecular weight is 374 g/mol. The van der Waals surface area contributed by atoms with E-state index < -0.39 is 11.9 Å². The number of hydrogen-bond acceptors (Lipinski definition) is 7. The zero-order chi connectivity index (χ0) is 17.5. The second-order valence-electron chi connectivity index (χ2n) is 4.53. The number of hydrogen-bond donors (Lipinski definition) is 2. The lowest BCUT2D eigenvalue weighted by atomic mass is 10.3. The molecule has 1 atom stereocenters. The highest BCUT2D eigenvalue weighted by atomic mass is 32.2. The van der Waals surface area contributed by atoms with E-state index in [0.717, 1.165) is 6.54 Å². The smallest absolute Gasteiger partial charge is 0.387 e. The summed E-state index contributed by atoms with van der Waals surface area (Å²) < 4.78 is 29.8. The fourth-order valence-electron chi connectivity index (χ4n) is 1.69. The molecule has 10 heteroatoms. The predicted octanol–water partition coefficient (Wildman–Crippen LogP) is 3.69. The van der Waals surface area contributed by atoms with E-state index >= 15 is 0 Å². The van der Waals surface area contributed by atoms with Crippen LogP contribution in [0.3, 0.4) is 0 Å². The first-order chi connectivity index (χ1) is 11.5. The maximum absolute atomic E-state index is 12.4. The molecule has 0 bridgehead atoms. The lowest BCUT2D eigenvalue weighted by molar-refractivity contribution is -0.115. The highest BCUT2D eigenvalue weighted by molar-refractivity contribution is 8.02. The molecule has 0 saturated heterocycles. The van der Waals surface area contributed by atoms with Crippen LogP contribution in [0.25, 0.3) is 0 Å². The summed E-state index contributed by atoms with van der Waals surface area (Å²) in [6.07, 6.45) is 0. The molecule has 0 aliphatic heterocycles. The van der Waals surface area contributed by atoms with Crippen molar-refractivity contribution in [2.75, 3.05) is 17.2 Å². The average Bonchev–Trinajstić information content (AvgIpc) is 2.96. The number of nitrogens with one attached hydrogen (secondary N) is 2. The minimum Gasteiger partial charge on any atom is -0.433 e. The number of halogens is 2. The Morgan fingerprint density at radius 2 is 2.12 bits per heavy atom. The summed E-state index contributed by atoms with van der Waals surface area (Å²) in [6.45, 7) is 1.42. The van der Waals surface area contributed by atoms with E-state index in [0.29, 0.717) is 9.47 Å². The van der Waals surface area contributed by atoms with Gasteiger partial charge in [-0.1, -0.05) is 35.2 Å². The Balaban J connectivity index is 1.98. The zero-order valence-corrected chi connectivity index (χ0v) is 14.6. The summed E-state index contributed by atoms with van der Waals surface area (Å²) in [5, 5.41) is 13.8. The number of para-hydroxylation sites is 2. The van der Waals surface area contributed by atoms with Gasteiger partial charge in [-0.2, -0.15) is 8.78 Å². The topological polar surface area (TPSA) is 76.1 Å². The van der Waals surface area contributed by atoms with E-state index in [9.17, 15) is 13.6 Å². The van der Waals surface area contributed by atoms with Crippen LogP contribution >= 0.6 is 23.1 Å². The molecule has 0 unspecified atom stereocenters.